The van der Waals surface area contributed by atoms with Crippen molar-refractivity contribution in [2.75, 3.05) is 7.11 Å². The highest BCUT2D eigenvalue weighted by Crippen LogP contribution is 2.11. The van der Waals surface area contributed by atoms with Crippen molar-refractivity contribution in [1.82, 2.24) is 0 Å². The number of hydrogen-bond acceptors (Lipinski definition) is 3. The van der Waals surface area contributed by atoms with E-state index in [9.17, 15) is 9.59 Å². The number of hydrogen-bond donors (Lipinski definition) is 0. The zero-order valence-electron chi connectivity index (χ0n) is 9.96. The molecule has 0 radical (unpaired) electrons. The first-order chi connectivity index (χ1) is 6.93. The Labute approximate surface area is 90.8 Å². The molecule has 0 aromatic carbocycles. The molecule has 0 unspecified atom stereocenters. The van der Waals surface area contributed by atoms with Gasteiger partial charge in [0.1, 0.15) is 5.57 Å². The summed E-state index contributed by atoms with van der Waals surface area (Å²) in [6.07, 6.45) is 3.31. The molecule has 0 spiro atoms. The summed E-state index contributed by atoms with van der Waals surface area (Å²) in [5.41, 5.74) is 0.662. The van der Waals surface area contributed by atoms with Gasteiger partial charge in [-0.15, -0.1) is 0 Å². The van der Waals surface area contributed by atoms with Gasteiger partial charge in [-0.25, -0.2) is 4.79 Å². The van der Waals surface area contributed by atoms with Crippen molar-refractivity contribution in [2.45, 2.75) is 27.7 Å². The van der Waals surface area contributed by atoms with Gasteiger partial charge in [0, 0.05) is 0 Å². The lowest BCUT2D eigenvalue weighted by molar-refractivity contribution is -0.137. The number of allylic oxidation sites excluding steroid dienone is 3. The van der Waals surface area contributed by atoms with Crippen LogP contribution >= 0.6 is 0 Å². The molecule has 0 aromatic rings. The van der Waals surface area contributed by atoms with E-state index in [-0.39, 0.29) is 17.3 Å². The first-order valence-electron chi connectivity index (χ1n) is 4.91. The summed E-state index contributed by atoms with van der Waals surface area (Å²) in [6.45, 7) is 7.25. The third kappa shape index (κ3) is 4.11. The molecule has 0 aliphatic heterocycles. The minimum absolute atomic E-state index is 0.114. The fourth-order valence-corrected chi connectivity index (χ4v) is 1.02. The minimum Gasteiger partial charge on any atom is -0.465 e. The van der Waals surface area contributed by atoms with Crippen LogP contribution in [0.3, 0.4) is 0 Å². The van der Waals surface area contributed by atoms with Crippen molar-refractivity contribution < 1.29 is 14.3 Å². The maximum Gasteiger partial charge on any atom is 0.341 e. The molecular formula is C12H18O3. The topological polar surface area (TPSA) is 43.4 Å². The van der Waals surface area contributed by atoms with Crippen LogP contribution in [0, 0.1) is 5.92 Å². The standard InChI is InChI=1S/C12H18O3/c1-6-9(4)11(13)10(7-8(2)3)12(14)15-5/h6-8H,1-5H3/b9-6+,10-7+. The maximum atomic E-state index is 11.8. The number of Topliss-reactive ketones (excluding diaryl/α,β-unsaturated/α-hetero) is 1. The Morgan fingerprint density at radius 1 is 1.27 bits per heavy atom. The second kappa shape index (κ2) is 6.17. The normalized spacial score (nSPS) is 12.9. The van der Waals surface area contributed by atoms with E-state index in [4.69, 9.17) is 0 Å². The van der Waals surface area contributed by atoms with E-state index in [1.165, 1.54) is 7.11 Å². The van der Waals surface area contributed by atoms with Crippen LogP contribution in [0.5, 0.6) is 0 Å². The van der Waals surface area contributed by atoms with Gasteiger partial charge >= 0.3 is 5.97 Å². The van der Waals surface area contributed by atoms with E-state index in [2.05, 4.69) is 4.74 Å². The third-order valence-electron chi connectivity index (χ3n) is 1.94. The van der Waals surface area contributed by atoms with E-state index in [1.807, 2.05) is 13.8 Å². The van der Waals surface area contributed by atoms with Gasteiger partial charge in [0.2, 0.25) is 0 Å². The van der Waals surface area contributed by atoms with Crippen LogP contribution < -0.4 is 0 Å². The van der Waals surface area contributed by atoms with Crippen molar-refractivity contribution in [3.63, 3.8) is 0 Å². The molecule has 0 atom stereocenters. The van der Waals surface area contributed by atoms with Gasteiger partial charge in [0.15, 0.2) is 5.78 Å². The molecule has 0 N–H and O–H groups in total. The van der Waals surface area contributed by atoms with Gasteiger partial charge < -0.3 is 4.74 Å². The molecule has 0 heterocycles. The fraction of sp³-hybridized carbons (Fsp3) is 0.500. The van der Waals surface area contributed by atoms with Gasteiger partial charge in [-0.05, 0) is 25.3 Å². The Hall–Kier alpha value is -1.38. The van der Waals surface area contributed by atoms with Crippen LogP contribution in [0.2, 0.25) is 0 Å². The zero-order valence-corrected chi connectivity index (χ0v) is 9.96. The van der Waals surface area contributed by atoms with Crippen LogP contribution in [-0.2, 0) is 14.3 Å². The van der Waals surface area contributed by atoms with Gasteiger partial charge in [-0.1, -0.05) is 26.0 Å². The Morgan fingerprint density at radius 3 is 2.13 bits per heavy atom. The molecule has 3 heteroatoms. The summed E-state index contributed by atoms with van der Waals surface area (Å²) in [6, 6.07) is 0. The van der Waals surface area contributed by atoms with E-state index in [0.717, 1.165) is 0 Å². The molecule has 0 bridgehead atoms. The van der Waals surface area contributed by atoms with Crippen molar-refractivity contribution in [1.29, 1.82) is 0 Å². The summed E-state index contributed by atoms with van der Waals surface area (Å²) in [5.74, 6) is -0.708. The van der Waals surface area contributed by atoms with Gasteiger partial charge in [0.05, 0.1) is 7.11 Å². The van der Waals surface area contributed by atoms with Crippen LogP contribution in [-0.4, -0.2) is 18.9 Å². The van der Waals surface area contributed by atoms with E-state index < -0.39 is 5.97 Å². The first kappa shape index (κ1) is 13.6. The monoisotopic (exact) mass is 210 g/mol. The van der Waals surface area contributed by atoms with Gasteiger partial charge in [-0.3, -0.25) is 4.79 Å². The van der Waals surface area contributed by atoms with Crippen molar-refractivity contribution in [3.05, 3.63) is 23.3 Å². The Bertz CT molecular complexity index is 309. The first-order valence-corrected chi connectivity index (χ1v) is 4.91. The second-order valence-corrected chi connectivity index (χ2v) is 3.62. The SMILES string of the molecule is C/C=C(\C)C(=O)/C(=C\C(C)C)C(=O)OC. The fourth-order valence-electron chi connectivity index (χ4n) is 1.02. The molecule has 15 heavy (non-hydrogen) atoms. The summed E-state index contributed by atoms with van der Waals surface area (Å²) in [7, 11) is 1.27. The highest BCUT2D eigenvalue weighted by Gasteiger charge is 2.19. The molecule has 0 fully saturated rings. The molecule has 0 saturated heterocycles. The number of carbonyl (C=O) groups is 2. The van der Waals surface area contributed by atoms with Crippen molar-refractivity contribution in [3.8, 4) is 0 Å². The molecular weight excluding hydrogens is 192 g/mol. The molecule has 0 aliphatic rings. The van der Waals surface area contributed by atoms with Gasteiger partial charge in [-0.2, -0.15) is 0 Å². The smallest absolute Gasteiger partial charge is 0.341 e. The van der Waals surface area contributed by atoms with Crippen LogP contribution in [0.4, 0.5) is 0 Å². The second-order valence-electron chi connectivity index (χ2n) is 3.62. The largest absolute Gasteiger partial charge is 0.465 e. The Morgan fingerprint density at radius 2 is 1.80 bits per heavy atom. The van der Waals surface area contributed by atoms with E-state index in [1.54, 1.807) is 26.0 Å². The predicted molar refractivity (Wildman–Crippen MR) is 59.4 cm³/mol. The zero-order chi connectivity index (χ0) is 12.0. The third-order valence-corrected chi connectivity index (χ3v) is 1.94. The lowest BCUT2D eigenvalue weighted by Crippen LogP contribution is -2.16. The highest BCUT2D eigenvalue weighted by atomic mass is 16.5. The number of carbonyl (C=O) groups excluding carboxylic acids is 2. The van der Waals surface area contributed by atoms with Crippen LogP contribution in [0.1, 0.15) is 27.7 Å². The summed E-state index contributed by atoms with van der Waals surface area (Å²) >= 11 is 0. The summed E-state index contributed by atoms with van der Waals surface area (Å²) < 4.78 is 4.57. The summed E-state index contributed by atoms with van der Waals surface area (Å²) in [4.78, 5) is 23.1. The van der Waals surface area contributed by atoms with Gasteiger partial charge in [0.25, 0.3) is 0 Å². The molecule has 3 nitrogen and oxygen atoms in total. The number of ketones is 1. The van der Waals surface area contributed by atoms with Crippen molar-refractivity contribution in [2.24, 2.45) is 5.92 Å². The molecule has 0 aliphatic carbocycles. The number of ether oxygens (including phenoxy) is 1. The molecule has 0 amide bonds. The number of methoxy groups -OCH3 is 1. The quantitative estimate of drug-likeness (QED) is 0.309. The van der Waals surface area contributed by atoms with Crippen LogP contribution in [0.15, 0.2) is 23.3 Å². The molecule has 0 saturated carbocycles. The van der Waals surface area contributed by atoms with Crippen LogP contribution in [0.25, 0.3) is 0 Å². The average molecular weight is 210 g/mol. The number of rotatable bonds is 4. The Kier molecular flexibility index (Phi) is 5.60. The average Bonchev–Trinajstić information content (AvgIpc) is 2.22. The minimum atomic E-state index is -0.574. The van der Waals surface area contributed by atoms with E-state index >= 15 is 0 Å². The number of esters is 1. The molecule has 0 aromatic heterocycles. The summed E-state index contributed by atoms with van der Waals surface area (Å²) in [5, 5.41) is 0. The molecule has 0 rings (SSSR count). The maximum absolute atomic E-state index is 11.8. The van der Waals surface area contributed by atoms with E-state index in [0.29, 0.717) is 5.57 Å². The Balaban J connectivity index is 5.14. The predicted octanol–water partition coefficient (Wildman–Crippen LogP) is 2.28. The lowest BCUT2D eigenvalue weighted by Gasteiger charge is -2.06. The van der Waals surface area contributed by atoms with Crippen molar-refractivity contribution >= 4 is 11.8 Å². The lowest BCUT2D eigenvalue weighted by atomic mass is 10.0. The highest BCUT2D eigenvalue weighted by molar-refractivity contribution is 6.23. The molecule has 84 valence electrons.